The molecule has 0 aromatic heterocycles. The van der Waals surface area contributed by atoms with Crippen molar-refractivity contribution in [2.75, 3.05) is 32.8 Å². The van der Waals surface area contributed by atoms with Crippen LogP contribution in [0.3, 0.4) is 0 Å². The Labute approximate surface area is 82.6 Å². The summed E-state index contributed by atoms with van der Waals surface area (Å²) in [4.78, 5) is 23.7. The van der Waals surface area contributed by atoms with E-state index in [1.165, 1.54) is 11.8 Å². The topological polar surface area (TPSA) is 46.6 Å². The van der Waals surface area contributed by atoms with Crippen LogP contribution in [-0.4, -0.2) is 49.5 Å². The van der Waals surface area contributed by atoms with Gasteiger partial charge in [0.05, 0.1) is 6.54 Å². The van der Waals surface area contributed by atoms with Crippen LogP contribution in [0.4, 0.5) is 0 Å². The van der Waals surface area contributed by atoms with Crippen molar-refractivity contribution in [3.05, 3.63) is 0 Å². The Balaban J connectivity index is 3.59. The van der Waals surface area contributed by atoms with Crippen LogP contribution < -0.4 is 0 Å². The molecule has 0 saturated heterocycles. The summed E-state index contributed by atoms with van der Waals surface area (Å²) in [5.74, 6) is -0.244. The normalized spacial score (nSPS) is 10.2. The highest BCUT2D eigenvalue weighted by Gasteiger charge is 2.10. The molecule has 0 amide bonds. The molecule has 0 radical (unpaired) electrons. The number of Topliss-reactive ketones (excluding diaryl/α,β-unsaturated/α-hetero) is 1. The molecule has 4 nitrogen and oxygen atoms in total. The molecule has 0 rings (SSSR count). The van der Waals surface area contributed by atoms with Crippen molar-refractivity contribution in [3.63, 3.8) is 0 Å². The number of carbonyl (C=O) groups is 2. The third-order valence-electron chi connectivity index (χ3n) is 1.17. The summed E-state index contributed by atoms with van der Waals surface area (Å²) in [5, 5.41) is 0. The summed E-state index contributed by atoms with van der Waals surface area (Å²) in [6.45, 7) is 0.286. The summed E-state index contributed by atoms with van der Waals surface area (Å²) in [5.41, 5.74) is 0. The second-order valence-electron chi connectivity index (χ2n) is 2.88. The van der Waals surface area contributed by atoms with Crippen molar-refractivity contribution in [3.8, 4) is 0 Å². The molecule has 0 aliphatic heterocycles. The zero-order valence-electron chi connectivity index (χ0n) is 8.20. The third-order valence-corrected chi connectivity index (χ3v) is 1.53. The Bertz CT molecular complexity index is 182. The van der Waals surface area contributed by atoms with Crippen LogP contribution in [0, 0.1) is 0 Å². The summed E-state index contributed by atoms with van der Waals surface area (Å²) in [6, 6.07) is 0. The predicted molar refractivity (Wildman–Crippen MR) is 52.7 cm³/mol. The summed E-state index contributed by atoms with van der Waals surface area (Å²) >= 11 is 1.41. The molecule has 0 aliphatic rings. The minimum Gasteiger partial charge on any atom is -0.454 e. The van der Waals surface area contributed by atoms with Gasteiger partial charge in [-0.2, -0.15) is 0 Å². The van der Waals surface area contributed by atoms with Crippen LogP contribution in [0.2, 0.25) is 0 Å². The number of rotatable bonds is 6. The van der Waals surface area contributed by atoms with Gasteiger partial charge in [0.25, 0.3) is 0 Å². The molecule has 0 heterocycles. The Hall–Kier alpha value is -0.550. The van der Waals surface area contributed by atoms with Crippen molar-refractivity contribution in [2.24, 2.45) is 0 Å². The monoisotopic (exact) mass is 205 g/mol. The minimum absolute atomic E-state index is 0.115. The number of esters is 1. The Morgan fingerprint density at radius 2 is 2.00 bits per heavy atom. The standard InChI is InChI=1S/C8H15NO3S/c1-9(2)5-7(10)4-8(11)12-6-13-3/h4-6H2,1-3H3. The first kappa shape index (κ1) is 12.4. The maximum atomic E-state index is 11.1. The quantitative estimate of drug-likeness (QED) is 0.356. The van der Waals surface area contributed by atoms with Crippen molar-refractivity contribution < 1.29 is 14.3 Å². The van der Waals surface area contributed by atoms with Gasteiger partial charge in [-0.25, -0.2) is 0 Å². The SMILES string of the molecule is CSCOC(=O)CC(=O)CN(C)C. The molecule has 0 bridgehead atoms. The second kappa shape index (κ2) is 6.91. The molecule has 0 spiro atoms. The lowest BCUT2D eigenvalue weighted by molar-refractivity contribution is -0.144. The number of ether oxygens (including phenoxy) is 1. The number of likely N-dealkylation sites (N-methyl/N-ethyl adjacent to an activating group) is 1. The molecule has 0 aromatic rings. The first-order chi connectivity index (χ1) is 6.06. The fourth-order valence-electron chi connectivity index (χ4n) is 0.745. The zero-order chi connectivity index (χ0) is 10.3. The van der Waals surface area contributed by atoms with Crippen LogP contribution in [-0.2, 0) is 14.3 Å². The lowest BCUT2D eigenvalue weighted by atomic mass is 10.3. The van der Waals surface area contributed by atoms with E-state index in [2.05, 4.69) is 0 Å². The van der Waals surface area contributed by atoms with E-state index >= 15 is 0 Å². The molecule has 0 fully saturated rings. The second-order valence-corrected chi connectivity index (χ2v) is 3.69. The molecule has 0 N–H and O–H groups in total. The van der Waals surface area contributed by atoms with Crippen LogP contribution in [0.15, 0.2) is 0 Å². The Morgan fingerprint density at radius 1 is 1.38 bits per heavy atom. The van der Waals surface area contributed by atoms with E-state index in [4.69, 9.17) is 4.74 Å². The summed E-state index contributed by atoms with van der Waals surface area (Å²) in [7, 11) is 3.57. The molecule has 0 saturated carbocycles. The van der Waals surface area contributed by atoms with Crippen LogP contribution in [0.5, 0.6) is 0 Å². The van der Waals surface area contributed by atoms with Gasteiger partial charge in [-0.05, 0) is 20.4 Å². The molecule has 0 atom stereocenters. The molecule has 0 unspecified atom stereocenters. The lowest BCUT2D eigenvalue weighted by Gasteiger charge is -2.07. The van der Waals surface area contributed by atoms with Gasteiger partial charge in [-0.1, -0.05) is 0 Å². The number of thioether (sulfide) groups is 1. The number of hydrogen-bond donors (Lipinski definition) is 0. The van der Waals surface area contributed by atoms with Gasteiger partial charge in [0.1, 0.15) is 12.4 Å². The number of hydrogen-bond acceptors (Lipinski definition) is 5. The number of ketones is 1. The highest BCUT2D eigenvalue weighted by molar-refractivity contribution is 7.98. The van der Waals surface area contributed by atoms with Gasteiger partial charge in [0.15, 0.2) is 5.78 Å². The van der Waals surface area contributed by atoms with E-state index in [0.717, 1.165) is 0 Å². The highest BCUT2D eigenvalue weighted by Crippen LogP contribution is 1.96. The van der Waals surface area contributed by atoms with Gasteiger partial charge in [-0.3, -0.25) is 9.59 Å². The predicted octanol–water partition coefficient (Wildman–Crippen LogP) is 0.371. The van der Waals surface area contributed by atoms with E-state index in [1.807, 2.05) is 6.26 Å². The minimum atomic E-state index is -0.443. The molecular formula is C8H15NO3S. The van der Waals surface area contributed by atoms with Crippen molar-refractivity contribution in [1.82, 2.24) is 4.90 Å². The smallest absolute Gasteiger partial charge is 0.314 e. The van der Waals surface area contributed by atoms with Gasteiger partial charge >= 0.3 is 5.97 Å². The zero-order valence-corrected chi connectivity index (χ0v) is 9.02. The largest absolute Gasteiger partial charge is 0.454 e. The first-order valence-corrected chi connectivity index (χ1v) is 5.26. The van der Waals surface area contributed by atoms with E-state index < -0.39 is 5.97 Å². The van der Waals surface area contributed by atoms with E-state index in [9.17, 15) is 9.59 Å². The van der Waals surface area contributed by atoms with Crippen LogP contribution >= 0.6 is 11.8 Å². The lowest BCUT2D eigenvalue weighted by Crippen LogP contribution is -2.24. The van der Waals surface area contributed by atoms with Crippen LogP contribution in [0.25, 0.3) is 0 Å². The maximum absolute atomic E-state index is 11.1. The Kier molecular flexibility index (Phi) is 6.62. The number of nitrogens with zero attached hydrogens (tertiary/aromatic N) is 1. The highest BCUT2D eigenvalue weighted by atomic mass is 32.2. The van der Waals surface area contributed by atoms with Crippen LogP contribution in [0.1, 0.15) is 6.42 Å². The van der Waals surface area contributed by atoms with Crippen molar-refractivity contribution in [1.29, 1.82) is 0 Å². The molecule has 0 aromatic carbocycles. The summed E-state index contributed by atoms with van der Waals surface area (Å²) < 4.78 is 4.73. The molecule has 76 valence electrons. The van der Waals surface area contributed by atoms with Gasteiger partial charge in [0, 0.05) is 0 Å². The third kappa shape index (κ3) is 7.80. The van der Waals surface area contributed by atoms with E-state index in [1.54, 1.807) is 19.0 Å². The van der Waals surface area contributed by atoms with Gasteiger partial charge in [0.2, 0.25) is 0 Å². The van der Waals surface area contributed by atoms with E-state index in [-0.39, 0.29) is 18.7 Å². The van der Waals surface area contributed by atoms with Gasteiger partial charge < -0.3 is 9.64 Å². The van der Waals surface area contributed by atoms with E-state index in [0.29, 0.717) is 5.94 Å². The fraction of sp³-hybridized carbons (Fsp3) is 0.750. The molecule has 13 heavy (non-hydrogen) atoms. The average molecular weight is 205 g/mol. The molecule has 5 heteroatoms. The van der Waals surface area contributed by atoms with Crippen molar-refractivity contribution in [2.45, 2.75) is 6.42 Å². The fourth-order valence-corrected chi connectivity index (χ4v) is 0.995. The molecular weight excluding hydrogens is 190 g/mol. The summed E-state index contributed by atoms with van der Waals surface area (Å²) in [6.07, 6.45) is 1.70. The average Bonchev–Trinajstić information content (AvgIpc) is 1.98. The van der Waals surface area contributed by atoms with Crippen molar-refractivity contribution >= 4 is 23.5 Å². The molecule has 0 aliphatic carbocycles. The Morgan fingerprint density at radius 3 is 2.46 bits per heavy atom. The number of carbonyl (C=O) groups excluding carboxylic acids is 2. The first-order valence-electron chi connectivity index (χ1n) is 3.87. The van der Waals surface area contributed by atoms with Gasteiger partial charge in [-0.15, -0.1) is 11.8 Å². The maximum Gasteiger partial charge on any atom is 0.314 e.